The number of hydrogen-bond donors (Lipinski definition) is 2. The predicted molar refractivity (Wildman–Crippen MR) is 126 cm³/mol. The summed E-state index contributed by atoms with van der Waals surface area (Å²) in [5.74, 6) is 2.41. The number of ether oxygens (including phenoxy) is 2. The van der Waals surface area contributed by atoms with E-state index in [1.807, 2.05) is 19.9 Å². The van der Waals surface area contributed by atoms with Gasteiger partial charge in [0.25, 0.3) is 5.56 Å². The number of benzene rings is 1. The topological polar surface area (TPSA) is 93.3 Å². The Morgan fingerprint density at radius 1 is 1.26 bits per heavy atom. The number of anilines is 1. The number of carbonyl (C=O) groups is 1. The molecule has 0 aliphatic heterocycles. The minimum Gasteiger partial charge on any atom is -0.494 e. The Hall–Kier alpha value is -2.52. The Labute approximate surface area is 188 Å². The van der Waals surface area contributed by atoms with Crippen LogP contribution in [0.3, 0.4) is 0 Å². The molecule has 0 saturated heterocycles. The quantitative estimate of drug-likeness (QED) is 0.500. The summed E-state index contributed by atoms with van der Waals surface area (Å²) < 4.78 is 11.1. The molecule has 1 amide bonds. The smallest absolute Gasteiger partial charge is 0.259 e. The highest BCUT2D eigenvalue weighted by Gasteiger charge is 2.21. The molecule has 0 atom stereocenters. The molecule has 2 N–H and O–H groups in total. The van der Waals surface area contributed by atoms with Gasteiger partial charge in [-0.25, -0.2) is 4.98 Å². The standard InChI is InChI=1S/C22H25N3O4S2/c1-3-28-13-8-9-16(29-4-2)15(10-13)23-19(26)12-30-11-18-24-21(27)20-14-6-5-7-17(14)31-22(20)25-18/h8-10H,3-7,11-12H2,1-2H3,(H,23,26)(H,24,25,27). The number of aryl methyl sites for hydroxylation is 2. The molecule has 1 aliphatic rings. The minimum atomic E-state index is -0.155. The zero-order valence-corrected chi connectivity index (χ0v) is 19.2. The van der Waals surface area contributed by atoms with Crippen molar-refractivity contribution in [1.82, 2.24) is 9.97 Å². The van der Waals surface area contributed by atoms with Gasteiger partial charge in [0.15, 0.2) is 0 Å². The van der Waals surface area contributed by atoms with Crippen LogP contribution in [0, 0.1) is 0 Å². The Morgan fingerprint density at radius 2 is 2.10 bits per heavy atom. The van der Waals surface area contributed by atoms with E-state index in [1.54, 1.807) is 23.5 Å². The second-order valence-electron chi connectivity index (χ2n) is 7.12. The lowest BCUT2D eigenvalue weighted by atomic mass is 10.2. The number of nitrogens with zero attached hydrogens (tertiary/aromatic N) is 1. The number of rotatable bonds is 9. The van der Waals surface area contributed by atoms with E-state index in [4.69, 9.17) is 9.47 Å². The number of aromatic amines is 1. The number of aromatic nitrogens is 2. The molecule has 1 aromatic carbocycles. The zero-order valence-electron chi connectivity index (χ0n) is 17.6. The van der Waals surface area contributed by atoms with Gasteiger partial charge in [-0.15, -0.1) is 23.1 Å². The lowest BCUT2D eigenvalue weighted by Gasteiger charge is -2.13. The average molecular weight is 460 g/mol. The summed E-state index contributed by atoms with van der Waals surface area (Å²) in [5, 5.41) is 3.64. The Kier molecular flexibility index (Phi) is 6.82. The van der Waals surface area contributed by atoms with Crippen LogP contribution in [-0.4, -0.2) is 34.8 Å². The van der Waals surface area contributed by atoms with Crippen molar-refractivity contribution in [2.45, 2.75) is 38.9 Å². The molecule has 9 heteroatoms. The van der Waals surface area contributed by atoms with E-state index >= 15 is 0 Å². The third-order valence-corrected chi connectivity index (χ3v) is 7.06. The molecule has 0 spiro atoms. The SMILES string of the molecule is CCOc1ccc(OCC)c(NC(=O)CSCc2nc3sc4c(c3c(=O)[nH]2)CCC4)c1. The van der Waals surface area contributed by atoms with E-state index in [1.165, 1.54) is 22.2 Å². The summed E-state index contributed by atoms with van der Waals surface area (Å²) in [6.07, 6.45) is 3.11. The van der Waals surface area contributed by atoms with Gasteiger partial charge in [0.2, 0.25) is 5.91 Å². The maximum Gasteiger partial charge on any atom is 0.259 e. The average Bonchev–Trinajstić information content (AvgIpc) is 3.31. The van der Waals surface area contributed by atoms with Crippen LogP contribution in [-0.2, 0) is 23.4 Å². The number of thiophene rings is 1. The van der Waals surface area contributed by atoms with Crippen molar-refractivity contribution >= 4 is 44.9 Å². The van der Waals surface area contributed by atoms with Crippen molar-refractivity contribution < 1.29 is 14.3 Å². The summed E-state index contributed by atoms with van der Waals surface area (Å²) in [5.41, 5.74) is 1.68. The second-order valence-corrected chi connectivity index (χ2v) is 9.18. The molecule has 2 heterocycles. The van der Waals surface area contributed by atoms with E-state index in [0.717, 1.165) is 29.5 Å². The Balaban J connectivity index is 1.38. The normalized spacial score (nSPS) is 12.7. The second kappa shape index (κ2) is 9.74. The summed E-state index contributed by atoms with van der Waals surface area (Å²) in [7, 11) is 0. The van der Waals surface area contributed by atoms with Gasteiger partial charge in [-0.2, -0.15) is 0 Å². The zero-order chi connectivity index (χ0) is 21.8. The Morgan fingerprint density at radius 3 is 2.90 bits per heavy atom. The third kappa shape index (κ3) is 4.88. The number of nitrogens with one attached hydrogen (secondary N) is 2. The van der Waals surface area contributed by atoms with Crippen LogP contribution in [0.25, 0.3) is 10.2 Å². The van der Waals surface area contributed by atoms with E-state index in [0.29, 0.717) is 42.0 Å². The maximum atomic E-state index is 12.5. The first kappa shape index (κ1) is 21.7. The molecule has 7 nitrogen and oxygen atoms in total. The lowest BCUT2D eigenvalue weighted by Crippen LogP contribution is -2.16. The van der Waals surface area contributed by atoms with Gasteiger partial charge < -0.3 is 19.8 Å². The van der Waals surface area contributed by atoms with Gasteiger partial charge in [-0.05, 0) is 50.8 Å². The van der Waals surface area contributed by atoms with Gasteiger partial charge in [0, 0.05) is 10.9 Å². The largest absolute Gasteiger partial charge is 0.494 e. The van der Waals surface area contributed by atoms with Crippen LogP contribution >= 0.6 is 23.1 Å². The van der Waals surface area contributed by atoms with Gasteiger partial charge in [0.1, 0.15) is 22.2 Å². The van der Waals surface area contributed by atoms with Crippen LogP contribution in [0.1, 0.15) is 36.5 Å². The van der Waals surface area contributed by atoms with Gasteiger partial charge in [0.05, 0.1) is 35.8 Å². The molecule has 0 bridgehead atoms. The van der Waals surface area contributed by atoms with Crippen molar-refractivity contribution in [3.05, 3.63) is 44.8 Å². The van der Waals surface area contributed by atoms with Crippen molar-refractivity contribution in [2.24, 2.45) is 0 Å². The van der Waals surface area contributed by atoms with Gasteiger partial charge in [-0.1, -0.05) is 0 Å². The molecular weight excluding hydrogens is 434 g/mol. The molecule has 0 unspecified atom stereocenters. The maximum absolute atomic E-state index is 12.5. The fourth-order valence-electron chi connectivity index (χ4n) is 3.69. The monoisotopic (exact) mass is 459 g/mol. The predicted octanol–water partition coefficient (Wildman–Crippen LogP) is 4.14. The lowest BCUT2D eigenvalue weighted by molar-refractivity contribution is -0.113. The van der Waals surface area contributed by atoms with Crippen LogP contribution in [0.15, 0.2) is 23.0 Å². The summed E-state index contributed by atoms with van der Waals surface area (Å²) in [6, 6.07) is 5.37. The Bertz CT molecular complexity index is 1160. The number of fused-ring (bicyclic) bond motifs is 3. The van der Waals surface area contributed by atoms with Crippen LogP contribution < -0.4 is 20.3 Å². The molecule has 31 heavy (non-hydrogen) atoms. The number of H-pyrrole nitrogens is 1. The first-order valence-corrected chi connectivity index (χ1v) is 12.4. The van der Waals surface area contributed by atoms with E-state index in [2.05, 4.69) is 15.3 Å². The summed E-state index contributed by atoms with van der Waals surface area (Å²) >= 11 is 3.03. The van der Waals surface area contributed by atoms with Crippen molar-refractivity contribution in [3.63, 3.8) is 0 Å². The number of amides is 1. The third-order valence-electron chi connectivity index (χ3n) is 4.93. The number of carbonyl (C=O) groups excluding carboxylic acids is 1. The van der Waals surface area contributed by atoms with Crippen molar-refractivity contribution in [1.29, 1.82) is 0 Å². The van der Waals surface area contributed by atoms with Gasteiger partial charge >= 0.3 is 0 Å². The molecular formula is C22H25N3O4S2. The molecule has 1 aliphatic carbocycles. The van der Waals surface area contributed by atoms with E-state index in [-0.39, 0.29) is 17.2 Å². The van der Waals surface area contributed by atoms with Crippen LogP contribution in [0.4, 0.5) is 5.69 Å². The van der Waals surface area contributed by atoms with Crippen molar-refractivity contribution in [2.75, 3.05) is 24.3 Å². The summed E-state index contributed by atoms with van der Waals surface area (Å²) in [4.78, 5) is 34.6. The van der Waals surface area contributed by atoms with E-state index < -0.39 is 0 Å². The molecule has 0 radical (unpaired) electrons. The van der Waals surface area contributed by atoms with Crippen LogP contribution in [0.5, 0.6) is 11.5 Å². The molecule has 164 valence electrons. The van der Waals surface area contributed by atoms with Crippen LogP contribution in [0.2, 0.25) is 0 Å². The first-order valence-electron chi connectivity index (χ1n) is 10.4. The number of thioether (sulfide) groups is 1. The highest BCUT2D eigenvalue weighted by molar-refractivity contribution is 7.99. The van der Waals surface area contributed by atoms with Gasteiger partial charge in [-0.3, -0.25) is 9.59 Å². The summed E-state index contributed by atoms with van der Waals surface area (Å²) in [6.45, 7) is 4.84. The fraction of sp³-hybridized carbons (Fsp3) is 0.409. The molecule has 4 rings (SSSR count). The van der Waals surface area contributed by atoms with E-state index in [9.17, 15) is 9.59 Å². The molecule has 2 aromatic heterocycles. The highest BCUT2D eigenvalue weighted by Crippen LogP contribution is 2.34. The molecule has 0 fully saturated rings. The molecule has 3 aromatic rings. The minimum absolute atomic E-state index is 0.0708. The fourth-order valence-corrected chi connectivity index (χ4v) is 5.66. The first-order chi connectivity index (χ1) is 15.1. The highest BCUT2D eigenvalue weighted by atomic mass is 32.2. The number of hydrogen-bond acceptors (Lipinski definition) is 7. The molecule has 0 saturated carbocycles. The van der Waals surface area contributed by atoms with Crippen molar-refractivity contribution in [3.8, 4) is 11.5 Å².